The molecule has 0 fully saturated rings. The van der Waals surface area contributed by atoms with Gasteiger partial charge in [0.15, 0.2) is 17.1 Å². The quantitative estimate of drug-likeness (QED) is 0.0151. The predicted octanol–water partition coefficient (Wildman–Crippen LogP) is 13.4. The van der Waals surface area contributed by atoms with Crippen molar-refractivity contribution in [3.63, 3.8) is 0 Å². The lowest BCUT2D eigenvalue weighted by Gasteiger charge is -2.13. The van der Waals surface area contributed by atoms with Crippen LogP contribution in [0.15, 0.2) is 183 Å². The van der Waals surface area contributed by atoms with Crippen molar-refractivity contribution in [1.82, 2.24) is 40.0 Å². The van der Waals surface area contributed by atoms with E-state index in [9.17, 15) is 68.3 Å². The Kier molecular flexibility index (Phi) is 28.8. The third-order valence-electron chi connectivity index (χ3n) is 13.0. The van der Waals surface area contributed by atoms with Crippen molar-refractivity contribution in [1.29, 1.82) is 0 Å². The van der Waals surface area contributed by atoms with Crippen LogP contribution in [0.25, 0.3) is 17.1 Å². The molecule has 530 valence electrons. The summed E-state index contributed by atoms with van der Waals surface area (Å²) < 4.78 is 149. The van der Waals surface area contributed by atoms with Crippen LogP contribution in [-0.4, -0.2) is 130 Å². The molecule has 10 aromatic rings. The maximum Gasteiger partial charge on any atom is 0.434 e. The molecule has 7 heterocycles. The van der Waals surface area contributed by atoms with Gasteiger partial charge in [-0.05, 0) is 121 Å². The lowest BCUT2D eigenvalue weighted by molar-refractivity contribution is -0.144. The van der Waals surface area contributed by atoms with E-state index < -0.39 is 88.0 Å². The molecule has 0 unspecified atom stereocenters. The Morgan fingerprint density at radius 3 is 1.04 bits per heavy atom. The van der Waals surface area contributed by atoms with Gasteiger partial charge in [-0.3, -0.25) is 9.59 Å². The normalized spacial score (nSPS) is 11.3. The average molecular weight is 1480 g/mol. The second-order valence-electron chi connectivity index (χ2n) is 20.0. The number of benzene rings is 3. The fraction of sp³-hybridized carbons (Fsp3) is 0.234. The van der Waals surface area contributed by atoms with Gasteiger partial charge in [0.25, 0.3) is 11.8 Å². The van der Waals surface area contributed by atoms with E-state index in [1.807, 2.05) is 24.3 Å². The number of halogens is 9. The minimum Gasteiger partial charge on any atom is -0.478 e. The number of furan rings is 4. The number of alkyl halides is 9. The topological polar surface area (TPSA) is 328 Å². The molecule has 7 aromatic heterocycles. The molecular weight excluding hydrogens is 1420 g/mol. The number of carboxylic acid groups (broad SMARTS) is 3. The van der Waals surface area contributed by atoms with Gasteiger partial charge in [-0.15, -0.1) is 0 Å². The van der Waals surface area contributed by atoms with Crippen molar-refractivity contribution >= 4 is 82.7 Å². The number of nitrogens with one attached hydrogen (secondary N) is 2. The standard InChI is InChI=1S/C26H24F3N3O5S2.C19H16F3N3O4S.C12H7F3N2O4.C7H11NOS/c27-26(28,29)23-22(24(33)30-9-13-38-16-20-3-1-10-35-20)15-31-32(23)19-7-5-18(6-8-19)25(34)37-12-14-39-17-21-4-2-11-36-21;20-19(21,22)16-15(17(26)23-7-9-30-11-14-2-1-8-29-14)10-24-25(16)13-5-3-12(4-6-13)18(27)28;13-12(14,15)9-8(11(20)21)5-16-17(9)7-3-1-6(2-4-7)10(18)19;8-3-5-10-6-7-2-1-4-9-7/h1-8,10-11,15H,9,12-14,16-17H2,(H,30,33);1-6,8,10H,7,9,11H2,(H,23,26)(H,27,28);1-5H,(H,18,19)(H,20,21);1-2,4H,3,5-6,8H2. The molecule has 3 aromatic carbocycles. The number of hydrogen-bond acceptors (Lipinski definition) is 19. The zero-order valence-electron chi connectivity index (χ0n) is 51.7. The molecule has 36 heteroatoms. The van der Waals surface area contributed by atoms with Crippen LogP contribution in [0.5, 0.6) is 0 Å². The number of nitrogens with two attached hydrogens (primary N) is 1. The summed E-state index contributed by atoms with van der Waals surface area (Å²) in [7, 11) is 0. The summed E-state index contributed by atoms with van der Waals surface area (Å²) in [6.07, 6.45) is -5.91. The number of ether oxygens (including phenoxy) is 1. The molecule has 7 N–H and O–H groups in total. The van der Waals surface area contributed by atoms with Crippen molar-refractivity contribution in [2.24, 2.45) is 5.73 Å². The van der Waals surface area contributed by atoms with E-state index in [1.54, 1.807) is 61.1 Å². The maximum absolute atomic E-state index is 14.0. The number of amides is 2. The van der Waals surface area contributed by atoms with Crippen molar-refractivity contribution in [3.8, 4) is 17.1 Å². The van der Waals surface area contributed by atoms with E-state index in [0.29, 0.717) is 54.8 Å². The van der Waals surface area contributed by atoms with Gasteiger partial charge in [-0.2, -0.15) is 102 Å². The van der Waals surface area contributed by atoms with Gasteiger partial charge in [0.05, 0.1) is 112 Å². The largest absolute Gasteiger partial charge is 0.478 e. The average Bonchev–Trinajstić information content (AvgIpc) is 1.62. The van der Waals surface area contributed by atoms with Gasteiger partial charge in [-0.1, -0.05) is 0 Å². The van der Waals surface area contributed by atoms with E-state index in [0.717, 1.165) is 89.9 Å². The molecular formula is C64H58F9N9O14S4. The van der Waals surface area contributed by atoms with Gasteiger partial charge >= 0.3 is 42.4 Å². The number of hydrogen-bond donors (Lipinski definition) is 6. The SMILES string of the molecule is NCCSCc1ccco1.O=C(O)c1ccc(-n2ncc(C(=O)NCCSCc3ccco3)c2C(F)(F)F)cc1.O=C(O)c1ccc(-n2ncc(C(=O)O)c2C(F)(F)F)cc1.O=C(OCCSCc1ccco1)c1ccc(-n2ncc(C(=O)NCCSCc3ccco3)c2C(F)(F)F)cc1. The molecule has 100 heavy (non-hydrogen) atoms. The van der Waals surface area contributed by atoms with Crippen molar-refractivity contribution in [2.45, 2.75) is 41.5 Å². The highest BCUT2D eigenvalue weighted by Crippen LogP contribution is 2.37. The number of carbonyl (C=O) groups excluding carboxylic acids is 3. The third-order valence-corrected chi connectivity index (χ3v) is 16.9. The predicted molar refractivity (Wildman–Crippen MR) is 350 cm³/mol. The molecule has 0 aliphatic rings. The van der Waals surface area contributed by atoms with Gasteiger partial charge in [0, 0.05) is 42.6 Å². The molecule has 0 radical (unpaired) electrons. The maximum atomic E-state index is 14.0. The Hall–Kier alpha value is -10.0. The first-order valence-electron chi connectivity index (χ1n) is 29.1. The summed E-state index contributed by atoms with van der Waals surface area (Å²) in [4.78, 5) is 69.6. The molecule has 10 rings (SSSR count). The van der Waals surface area contributed by atoms with E-state index >= 15 is 0 Å². The zero-order chi connectivity index (χ0) is 72.4. The van der Waals surface area contributed by atoms with Crippen LogP contribution in [0.4, 0.5) is 39.5 Å². The number of esters is 1. The molecule has 0 atom stereocenters. The van der Waals surface area contributed by atoms with Crippen LogP contribution in [0, 0.1) is 0 Å². The Bertz CT molecular complexity index is 4200. The number of nitrogens with zero attached hydrogens (tertiary/aromatic N) is 6. The van der Waals surface area contributed by atoms with Crippen molar-refractivity contribution in [3.05, 3.63) is 238 Å². The molecule has 23 nitrogen and oxygen atoms in total. The van der Waals surface area contributed by atoms with Crippen LogP contribution in [0.2, 0.25) is 0 Å². The third kappa shape index (κ3) is 23.0. The minimum atomic E-state index is -4.92. The van der Waals surface area contributed by atoms with Crippen LogP contribution in [-0.2, 0) is 46.3 Å². The first kappa shape index (κ1) is 77.3. The van der Waals surface area contributed by atoms with Gasteiger partial charge in [-0.25, -0.2) is 33.2 Å². The summed E-state index contributed by atoms with van der Waals surface area (Å²) in [5.74, 6) is 2.10. The molecule has 2 amide bonds. The van der Waals surface area contributed by atoms with E-state index in [4.69, 9.17) is 43.5 Å². The van der Waals surface area contributed by atoms with Crippen molar-refractivity contribution < 1.29 is 106 Å². The van der Waals surface area contributed by atoms with E-state index in [-0.39, 0.29) is 53.4 Å². The first-order chi connectivity index (χ1) is 47.7. The minimum absolute atomic E-state index is 0.0135. The van der Waals surface area contributed by atoms with Crippen molar-refractivity contribution in [2.75, 3.05) is 49.3 Å². The van der Waals surface area contributed by atoms with Gasteiger partial charge < -0.3 is 54.1 Å². The molecule has 0 bridgehead atoms. The molecule has 0 aliphatic heterocycles. The number of thioether (sulfide) groups is 4. The van der Waals surface area contributed by atoms with Gasteiger partial charge in [0.2, 0.25) is 0 Å². The second kappa shape index (κ2) is 37.2. The van der Waals surface area contributed by atoms with E-state index in [2.05, 4.69) is 25.9 Å². The fourth-order valence-electron chi connectivity index (χ4n) is 8.46. The lowest BCUT2D eigenvalue weighted by atomic mass is 10.2. The molecule has 0 saturated carbocycles. The highest BCUT2D eigenvalue weighted by molar-refractivity contribution is 7.99. The molecule has 0 spiro atoms. The number of carbonyl (C=O) groups is 6. The summed E-state index contributed by atoms with van der Waals surface area (Å²) in [5, 5.41) is 42.3. The summed E-state index contributed by atoms with van der Waals surface area (Å²) in [5.41, 5.74) is -0.808. The Balaban J connectivity index is 0.000000203. The van der Waals surface area contributed by atoms with Crippen LogP contribution < -0.4 is 16.4 Å². The number of aromatic nitrogens is 6. The van der Waals surface area contributed by atoms with Crippen LogP contribution in [0.1, 0.15) is 102 Å². The van der Waals surface area contributed by atoms with Crippen LogP contribution >= 0.6 is 47.0 Å². The highest BCUT2D eigenvalue weighted by Gasteiger charge is 2.43. The Morgan fingerprint density at radius 1 is 0.430 bits per heavy atom. The Morgan fingerprint density at radius 2 is 0.740 bits per heavy atom. The van der Waals surface area contributed by atoms with Gasteiger partial charge in [0.1, 0.15) is 35.2 Å². The fourth-order valence-corrected chi connectivity index (χ4v) is 11.4. The highest BCUT2D eigenvalue weighted by atomic mass is 32.2. The summed E-state index contributed by atoms with van der Waals surface area (Å²) in [6, 6.07) is 29.1. The molecule has 0 aliphatic carbocycles. The lowest BCUT2D eigenvalue weighted by Crippen LogP contribution is -2.28. The van der Waals surface area contributed by atoms with Crippen LogP contribution in [0.3, 0.4) is 0 Å². The number of aromatic carboxylic acids is 3. The number of carboxylic acids is 3. The summed E-state index contributed by atoms with van der Waals surface area (Å²) >= 11 is 6.27. The Labute approximate surface area is 578 Å². The van der Waals surface area contributed by atoms with E-state index in [1.165, 1.54) is 71.7 Å². The monoisotopic (exact) mass is 1480 g/mol. The summed E-state index contributed by atoms with van der Waals surface area (Å²) in [6.45, 7) is 1.25. The number of rotatable bonds is 28. The zero-order valence-corrected chi connectivity index (χ0v) is 55.0. The molecule has 0 saturated heterocycles. The smallest absolute Gasteiger partial charge is 0.434 e. The first-order valence-corrected chi connectivity index (χ1v) is 33.7. The second-order valence-corrected chi connectivity index (χ2v) is 24.4.